The molecule has 0 amide bonds. The van der Waals surface area contributed by atoms with Gasteiger partial charge in [0, 0.05) is 17.9 Å². The Labute approximate surface area is 160 Å². The number of rotatable bonds is 7. The lowest BCUT2D eigenvalue weighted by molar-refractivity contribution is 0.0524. The van der Waals surface area contributed by atoms with Gasteiger partial charge in [0.15, 0.2) is 0 Å². The summed E-state index contributed by atoms with van der Waals surface area (Å²) >= 11 is 0. The van der Waals surface area contributed by atoms with Crippen LogP contribution in [0.4, 0.5) is 4.39 Å². The van der Waals surface area contributed by atoms with Gasteiger partial charge in [0.2, 0.25) is 0 Å². The number of esters is 1. The number of benzene rings is 1. The van der Waals surface area contributed by atoms with Crippen LogP contribution in [0.5, 0.6) is 0 Å². The summed E-state index contributed by atoms with van der Waals surface area (Å²) < 4.78 is 18.8. The third-order valence-corrected chi connectivity index (χ3v) is 4.43. The van der Waals surface area contributed by atoms with Crippen molar-refractivity contribution in [3.63, 3.8) is 0 Å². The molecule has 0 radical (unpaired) electrons. The van der Waals surface area contributed by atoms with Gasteiger partial charge < -0.3 is 9.84 Å². The van der Waals surface area contributed by atoms with Crippen LogP contribution in [0.3, 0.4) is 0 Å². The summed E-state index contributed by atoms with van der Waals surface area (Å²) in [6, 6.07) is 6.06. The van der Waals surface area contributed by atoms with Gasteiger partial charge in [-0.1, -0.05) is 39.8 Å². The van der Waals surface area contributed by atoms with E-state index >= 15 is 0 Å². The van der Waals surface area contributed by atoms with Crippen molar-refractivity contribution in [1.29, 1.82) is 0 Å². The van der Waals surface area contributed by atoms with E-state index in [0.29, 0.717) is 28.8 Å². The fourth-order valence-electron chi connectivity index (χ4n) is 3.27. The number of hydrogen-bond acceptors (Lipinski definition) is 4. The topological polar surface area (TPSA) is 59.4 Å². The minimum Gasteiger partial charge on any atom is -0.462 e. The van der Waals surface area contributed by atoms with Gasteiger partial charge in [0.1, 0.15) is 5.82 Å². The third-order valence-electron chi connectivity index (χ3n) is 4.43. The van der Waals surface area contributed by atoms with Gasteiger partial charge >= 0.3 is 5.97 Å². The van der Waals surface area contributed by atoms with E-state index < -0.39 is 5.97 Å². The molecule has 0 aliphatic rings. The van der Waals surface area contributed by atoms with Crippen molar-refractivity contribution in [2.75, 3.05) is 13.2 Å². The summed E-state index contributed by atoms with van der Waals surface area (Å²) in [5.74, 6) is -0.673. The zero-order valence-electron chi connectivity index (χ0n) is 16.7. The quantitative estimate of drug-likeness (QED) is 0.705. The molecule has 0 unspecified atom stereocenters. The molecule has 0 saturated carbocycles. The van der Waals surface area contributed by atoms with Crippen LogP contribution in [0.2, 0.25) is 0 Å². The summed E-state index contributed by atoms with van der Waals surface area (Å²) in [6.07, 6.45) is 0.359. The van der Waals surface area contributed by atoms with E-state index in [4.69, 9.17) is 9.72 Å². The first-order chi connectivity index (χ1) is 12.8. The molecule has 0 atom stereocenters. The van der Waals surface area contributed by atoms with Crippen LogP contribution in [-0.4, -0.2) is 29.3 Å². The van der Waals surface area contributed by atoms with Crippen LogP contribution < -0.4 is 0 Å². The van der Waals surface area contributed by atoms with Crippen molar-refractivity contribution in [2.24, 2.45) is 0 Å². The zero-order valence-corrected chi connectivity index (χ0v) is 16.7. The van der Waals surface area contributed by atoms with Crippen molar-refractivity contribution in [1.82, 2.24) is 4.98 Å². The standard InChI is InChI=1S/C22H28FNO3/c1-6-27-22(26)19-18(15-7-9-16(23)10-8-15)17(11-12-25)20(13(2)3)24-21(19)14(4)5/h7-10,13-14,25H,6,11-12H2,1-5H3. The molecule has 0 bridgehead atoms. The molecule has 1 heterocycles. The lowest BCUT2D eigenvalue weighted by Gasteiger charge is -2.23. The maximum atomic E-state index is 13.5. The average molecular weight is 373 g/mol. The highest BCUT2D eigenvalue weighted by Crippen LogP contribution is 2.37. The Balaban J connectivity index is 2.95. The van der Waals surface area contributed by atoms with E-state index in [2.05, 4.69) is 0 Å². The highest BCUT2D eigenvalue weighted by atomic mass is 19.1. The Kier molecular flexibility index (Phi) is 7.08. The number of halogens is 1. The largest absolute Gasteiger partial charge is 0.462 e. The number of aromatic nitrogens is 1. The summed E-state index contributed by atoms with van der Waals surface area (Å²) in [4.78, 5) is 17.7. The lowest BCUT2D eigenvalue weighted by atomic mass is 9.86. The number of pyridine rings is 1. The van der Waals surface area contributed by atoms with Crippen LogP contribution >= 0.6 is 0 Å². The molecule has 0 fully saturated rings. The Bertz CT molecular complexity index is 798. The van der Waals surface area contributed by atoms with E-state index in [1.165, 1.54) is 12.1 Å². The van der Waals surface area contributed by atoms with E-state index in [9.17, 15) is 14.3 Å². The van der Waals surface area contributed by atoms with Gasteiger partial charge in [-0.25, -0.2) is 9.18 Å². The van der Waals surface area contributed by atoms with E-state index in [-0.39, 0.29) is 30.9 Å². The van der Waals surface area contributed by atoms with Crippen molar-refractivity contribution in [3.05, 3.63) is 52.6 Å². The van der Waals surface area contributed by atoms with Crippen LogP contribution in [0, 0.1) is 5.82 Å². The van der Waals surface area contributed by atoms with Gasteiger partial charge in [-0.15, -0.1) is 0 Å². The SMILES string of the molecule is CCOC(=O)c1c(C(C)C)nc(C(C)C)c(CCO)c1-c1ccc(F)cc1. The molecule has 146 valence electrons. The van der Waals surface area contributed by atoms with Crippen LogP contribution in [0.1, 0.15) is 73.8 Å². The molecule has 4 nitrogen and oxygen atoms in total. The van der Waals surface area contributed by atoms with Crippen LogP contribution in [-0.2, 0) is 11.2 Å². The van der Waals surface area contributed by atoms with Crippen LogP contribution in [0.15, 0.2) is 24.3 Å². The Hall–Kier alpha value is -2.27. The Morgan fingerprint density at radius 1 is 1.11 bits per heavy atom. The fraction of sp³-hybridized carbons (Fsp3) is 0.455. The van der Waals surface area contributed by atoms with E-state index in [0.717, 1.165) is 11.3 Å². The molecule has 0 aliphatic heterocycles. The van der Waals surface area contributed by atoms with Gasteiger partial charge in [-0.05, 0) is 48.4 Å². The number of carbonyl (C=O) groups is 1. The average Bonchev–Trinajstić information content (AvgIpc) is 2.61. The molecule has 1 N–H and O–H groups in total. The second-order valence-electron chi connectivity index (χ2n) is 7.12. The van der Waals surface area contributed by atoms with E-state index in [1.807, 2.05) is 27.7 Å². The van der Waals surface area contributed by atoms with Gasteiger partial charge in [0.25, 0.3) is 0 Å². The summed E-state index contributed by atoms with van der Waals surface area (Å²) in [7, 11) is 0. The monoisotopic (exact) mass is 373 g/mol. The summed E-state index contributed by atoms with van der Waals surface area (Å²) in [5.41, 5.74) is 4.13. The highest BCUT2D eigenvalue weighted by molar-refractivity contribution is 5.99. The zero-order chi connectivity index (χ0) is 20.1. The molecular weight excluding hydrogens is 345 g/mol. The summed E-state index contributed by atoms with van der Waals surface area (Å²) in [5, 5.41) is 9.65. The Morgan fingerprint density at radius 2 is 1.70 bits per heavy atom. The molecule has 0 aliphatic carbocycles. The fourth-order valence-corrected chi connectivity index (χ4v) is 3.27. The molecule has 1 aromatic carbocycles. The minimum absolute atomic E-state index is 0.00396. The smallest absolute Gasteiger partial charge is 0.340 e. The molecule has 0 spiro atoms. The minimum atomic E-state index is -0.442. The molecular formula is C22H28FNO3. The molecule has 2 aromatic rings. The van der Waals surface area contributed by atoms with Gasteiger partial charge in [-0.2, -0.15) is 0 Å². The summed E-state index contributed by atoms with van der Waals surface area (Å²) in [6.45, 7) is 9.97. The van der Waals surface area contributed by atoms with Gasteiger partial charge in [-0.3, -0.25) is 4.98 Å². The van der Waals surface area contributed by atoms with E-state index in [1.54, 1.807) is 19.1 Å². The van der Waals surface area contributed by atoms with Crippen molar-refractivity contribution < 1.29 is 19.0 Å². The van der Waals surface area contributed by atoms with Crippen molar-refractivity contribution >= 4 is 5.97 Å². The number of aliphatic hydroxyl groups is 1. The van der Waals surface area contributed by atoms with Gasteiger partial charge in [0.05, 0.1) is 17.9 Å². The second kappa shape index (κ2) is 9.09. The molecule has 0 saturated heterocycles. The number of aliphatic hydroxyl groups excluding tert-OH is 1. The first kappa shape index (κ1) is 21.0. The van der Waals surface area contributed by atoms with Crippen molar-refractivity contribution in [2.45, 2.75) is 52.9 Å². The first-order valence-corrected chi connectivity index (χ1v) is 9.42. The Morgan fingerprint density at radius 3 is 2.19 bits per heavy atom. The molecule has 27 heavy (non-hydrogen) atoms. The first-order valence-electron chi connectivity index (χ1n) is 9.42. The predicted molar refractivity (Wildman–Crippen MR) is 105 cm³/mol. The van der Waals surface area contributed by atoms with Crippen LogP contribution in [0.25, 0.3) is 11.1 Å². The number of nitrogens with zero attached hydrogens (tertiary/aromatic N) is 1. The molecule has 1 aromatic heterocycles. The second-order valence-corrected chi connectivity index (χ2v) is 7.12. The number of ether oxygens (including phenoxy) is 1. The normalized spacial score (nSPS) is 11.3. The number of hydrogen-bond donors (Lipinski definition) is 1. The molecule has 2 rings (SSSR count). The maximum Gasteiger partial charge on any atom is 0.340 e. The number of carbonyl (C=O) groups excluding carboxylic acids is 1. The third kappa shape index (κ3) is 4.53. The predicted octanol–water partition coefficient (Wildman–Crippen LogP) is 4.85. The molecule has 5 heteroatoms. The van der Waals surface area contributed by atoms with Crippen molar-refractivity contribution in [3.8, 4) is 11.1 Å². The lowest BCUT2D eigenvalue weighted by Crippen LogP contribution is -2.18. The maximum absolute atomic E-state index is 13.5. The highest BCUT2D eigenvalue weighted by Gasteiger charge is 2.28.